The molecule has 0 aliphatic carbocycles. The molecule has 2 aromatic carbocycles. The fourth-order valence-corrected chi connectivity index (χ4v) is 2.74. The molecule has 1 saturated heterocycles. The maximum Gasteiger partial charge on any atom is 0.337 e. The van der Waals surface area contributed by atoms with E-state index < -0.39 is 11.9 Å². The van der Waals surface area contributed by atoms with Crippen LogP contribution in [-0.2, 0) is 4.79 Å². The standard InChI is InChI=1S/C17H15NO5.C5H11N/c1-23-15-8-6-11(10-14(15)19)7-9-16(20)18-13-5-3-2-4-12(13)17(21)22;1-2-4-6-5-3-1/h2-10,19H,1H3,(H,18,20)(H,21,22);6H,1-5H2/b9-7+;. The number of rotatable bonds is 5. The lowest BCUT2D eigenvalue weighted by atomic mass is 10.1. The molecule has 1 amide bonds. The Hall–Kier alpha value is -3.32. The van der Waals surface area contributed by atoms with Crippen molar-refractivity contribution >= 4 is 23.6 Å². The van der Waals surface area contributed by atoms with Gasteiger partial charge in [-0.15, -0.1) is 0 Å². The maximum atomic E-state index is 11.9. The second-order valence-corrected chi connectivity index (χ2v) is 6.42. The zero-order chi connectivity index (χ0) is 21.1. The minimum absolute atomic E-state index is 0.0105. The van der Waals surface area contributed by atoms with Crippen LogP contribution in [0.25, 0.3) is 6.08 Å². The third kappa shape index (κ3) is 7.31. The van der Waals surface area contributed by atoms with Crippen LogP contribution in [-0.4, -0.2) is 42.3 Å². The molecule has 0 spiro atoms. The number of anilines is 1. The molecule has 4 N–H and O–H groups in total. The van der Waals surface area contributed by atoms with Crippen molar-refractivity contribution in [3.05, 3.63) is 59.7 Å². The highest BCUT2D eigenvalue weighted by molar-refractivity contribution is 6.06. The minimum Gasteiger partial charge on any atom is -0.504 e. The molecule has 0 unspecified atom stereocenters. The molecule has 0 radical (unpaired) electrons. The van der Waals surface area contributed by atoms with Gasteiger partial charge in [0.25, 0.3) is 0 Å². The summed E-state index contributed by atoms with van der Waals surface area (Å²) in [5.41, 5.74) is 0.827. The van der Waals surface area contributed by atoms with Crippen molar-refractivity contribution in [2.75, 3.05) is 25.5 Å². The molecule has 7 heteroatoms. The number of carboxylic acid groups (broad SMARTS) is 1. The largest absolute Gasteiger partial charge is 0.504 e. The Balaban J connectivity index is 0.000000426. The normalized spacial score (nSPS) is 13.3. The van der Waals surface area contributed by atoms with Gasteiger partial charge in [0.15, 0.2) is 11.5 Å². The van der Waals surface area contributed by atoms with Crippen LogP contribution in [0.4, 0.5) is 5.69 Å². The smallest absolute Gasteiger partial charge is 0.337 e. The van der Waals surface area contributed by atoms with Gasteiger partial charge in [0.05, 0.1) is 18.4 Å². The Labute approximate surface area is 170 Å². The van der Waals surface area contributed by atoms with E-state index in [9.17, 15) is 14.7 Å². The molecule has 2 aromatic rings. The van der Waals surface area contributed by atoms with Crippen molar-refractivity contribution in [2.45, 2.75) is 19.3 Å². The molecule has 0 aromatic heterocycles. The van der Waals surface area contributed by atoms with Gasteiger partial charge in [-0.2, -0.15) is 0 Å². The van der Waals surface area contributed by atoms with Gasteiger partial charge in [0.1, 0.15) is 0 Å². The number of para-hydroxylation sites is 1. The number of methoxy groups -OCH3 is 1. The third-order valence-corrected chi connectivity index (χ3v) is 4.25. The number of phenols is 1. The predicted octanol–water partition coefficient (Wildman–Crippen LogP) is 3.51. The number of aromatic carboxylic acids is 1. The van der Waals surface area contributed by atoms with Crippen LogP contribution in [0, 0.1) is 0 Å². The van der Waals surface area contributed by atoms with Crippen LogP contribution in [0.15, 0.2) is 48.5 Å². The van der Waals surface area contributed by atoms with Crippen molar-refractivity contribution in [2.24, 2.45) is 0 Å². The van der Waals surface area contributed by atoms with Crippen LogP contribution >= 0.6 is 0 Å². The maximum absolute atomic E-state index is 11.9. The quantitative estimate of drug-likeness (QED) is 0.574. The molecule has 1 aliphatic rings. The second-order valence-electron chi connectivity index (χ2n) is 6.42. The molecule has 1 heterocycles. The lowest BCUT2D eigenvalue weighted by Gasteiger charge is -2.08. The molecule has 1 fully saturated rings. The van der Waals surface area contributed by atoms with Gasteiger partial charge in [-0.05, 0) is 61.8 Å². The van der Waals surface area contributed by atoms with Crippen LogP contribution in [0.5, 0.6) is 11.5 Å². The number of hydrogen-bond acceptors (Lipinski definition) is 5. The lowest BCUT2D eigenvalue weighted by molar-refractivity contribution is -0.111. The fraction of sp³-hybridized carbons (Fsp3) is 0.273. The number of carbonyl (C=O) groups excluding carboxylic acids is 1. The molecule has 0 atom stereocenters. The highest BCUT2D eigenvalue weighted by atomic mass is 16.5. The molecule has 29 heavy (non-hydrogen) atoms. The van der Waals surface area contributed by atoms with Gasteiger partial charge in [-0.25, -0.2) is 4.79 Å². The first-order valence-corrected chi connectivity index (χ1v) is 9.40. The van der Waals surface area contributed by atoms with E-state index in [1.807, 2.05) is 0 Å². The summed E-state index contributed by atoms with van der Waals surface area (Å²) in [5, 5.41) is 24.5. The number of nitrogens with one attached hydrogen (secondary N) is 2. The number of benzene rings is 2. The Kier molecular flexibility index (Phi) is 8.72. The highest BCUT2D eigenvalue weighted by Crippen LogP contribution is 2.26. The minimum atomic E-state index is -1.12. The zero-order valence-electron chi connectivity index (χ0n) is 16.4. The van der Waals surface area contributed by atoms with E-state index in [-0.39, 0.29) is 17.0 Å². The van der Waals surface area contributed by atoms with E-state index in [0.717, 1.165) is 0 Å². The number of piperidine rings is 1. The predicted molar refractivity (Wildman–Crippen MR) is 112 cm³/mol. The summed E-state index contributed by atoms with van der Waals surface area (Å²) >= 11 is 0. The van der Waals surface area contributed by atoms with Gasteiger partial charge < -0.3 is 25.6 Å². The average molecular weight is 398 g/mol. The monoisotopic (exact) mass is 398 g/mol. The molecule has 154 valence electrons. The van der Waals surface area contributed by atoms with E-state index >= 15 is 0 Å². The molecule has 0 saturated carbocycles. The van der Waals surface area contributed by atoms with Crippen molar-refractivity contribution in [1.29, 1.82) is 0 Å². The first-order chi connectivity index (χ1) is 14.0. The van der Waals surface area contributed by atoms with Crippen molar-refractivity contribution in [3.63, 3.8) is 0 Å². The van der Waals surface area contributed by atoms with Gasteiger partial charge in [-0.3, -0.25) is 4.79 Å². The summed E-state index contributed by atoms with van der Waals surface area (Å²) in [6.45, 7) is 2.50. The number of ether oxygens (including phenoxy) is 1. The number of amides is 1. The summed E-state index contributed by atoms with van der Waals surface area (Å²) < 4.78 is 4.93. The number of carboxylic acids is 1. The van der Waals surface area contributed by atoms with Crippen LogP contribution in [0.3, 0.4) is 0 Å². The van der Waals surface area contributed by atoms with E-state index in [0.29, 0.717) is 11.3 Å². The van der Waals surface area contributed by atoms with E-state index in [1.165, 1.54) is 69.8 Å². The number of carbonyl (C=O) groups is 2. The Morgan fingerprint density at radius 2 is 1.83 bits per heavy atom. The Morgan fingerprint density at radius 3 is 2.38 bits per heavy atom. The zero-order valence-corrected chi connectivity index (χ0v) is 16.4. The van der Waals surface area contributed by atoms with Crippen LogP contribution < -0.4 is 15.4 Å². The van der Waals surface area contributed by atoms with Gasteiger partial charge in [0, 0.05) is 6.08 Å². The molecular weight excluding hydrogens is 372 g/mol. The average Bonchev–Trinajstić information content (AvgIpc) is 2.74. The summed E-state index contributed by atoms with van der Waals surface area (Å²) in [5.74, 6) is -1.30. The first kappa shape index (κ1) is 22.0. The fourth-order valence-electron chi connectivity index (χ4n) is 2.74. The number of aromatic hydroxyl groups is 1. The lowest BCUT2D eigenvalue weighted by Crippen LogP contribution is -2.21. The summed E-state index contributed by atoms with van der Waals surface area (Å²) in [6.07, 6.45) is 6.96. The molecule has 1 aliphatic heterocycles. The SMILES string of the molecule is C1CCNCC1.COc1ccc(/C=C/C(=O)Nc2ccccc2C(=O)O)cc1O. The third-order valence-electron chi connectivity index (χ3n) is 4.25. The van der Waals surface area contributed by atoms with Gasteiger partial charge in [-0.1, -0.05) is 24.6 Å². The van der Waals surface area contributed by atoms with Crippen molar-refractivity contribution in [1.82, 2.24) is 5.32 Å². The Morgan fingerprint density at radius 1 is 1.10 bits per heavy atom. The molecule has 3 rings (SSSR count). The van der Waals surface area contributed by atoms with Crippen LogP contribution in [0.2, 0.25) is 0 Å². The molecular formula is C22H26N2O5. The number of phenolic OH excluding ortho intramolecular Hbond substituents is 1. The van der Waals surface area contributed by atoms with E-state index in [2.05, 4.69) is 10.6 Å². The molecule has 0 bridgehead atoms. The summed E-state index contributed by atoms with van der Waals surface area (Å²) in [4.78, 5) is 23.0. The van der Waals surface area contributed by atoms with Gasteiger partial charge >= 0.3 is 5.97 Å². The Bertz CT molecular complexity index is 849. The van der Waals surface area contributed by atoms with Crippen molar-refractivity contribution in [3.8, 4) is 11.5 Å². The van der Waals surface area contributed by atoms with Gasteiger partial charge in [0.2, 0.25) is 5.91 Å². The number of hydrogen-bond donors (Lipinski definition) is 4. The van der Waals surface area contributed by atoms with Crippen molar-refractivity contribution < 1.29 is 24.5 Å². The van der Waals surface area contributed by atoms with E-state index in [4.69, 9.17) is 9.84 Å². The summed E-state index contributed by atoms with van der Waals surface area (Å²) in [6, 6.07) is 10.8. The molecule has 7 nitrogen and oxygen atoms in total. The highest BCUT2D eigenvalue weighted by Gasteiger charge is 2.10. The van der Waals surface area contributed by atoms with Crippen LogP contribution in [0.1, 0.15) is 35.2 Å². The van der Waals surface area contributed by atoms with E-state index in [1.54, 1.807) is 24.3 Å². The topological polar surface area (TPSA) is 108 Å². The second kappa shape index (κ2) is 11.5. The first-order valence-electron chi connectivity index (χ1n) is 9.40. The summed E-state index contributed by atoms with van der Waals surface area (Å²) in [7, 11) is 1.44.